The third kappa shape index (κ3) is 2.25. The molecule has 20 heavy (non-hydrogen) atoms. The van der Waals surface area contributed by atoms with Gasteiger partial charge in [-0.15, -0.1) is 0 Å². The highest BCUT2D eigenvalue weighted by Crippen LogP contribution is 2.22. The van der Waals surface area contributed by atoms with Gasteiger partial charge in [-0.05, 0) is 40.2 Å². The largest absolute Gasteiger partial charge is 0.476 e. The maximum Gasteiger partial charge on any atom is 0.355 e. The second-order valence-electron chi connectivity index (χ2n) is 4.11. The average Bonchev–Trinajstić information content (AvgIpc) is 2.47. The maximum atomic E-state index is 11.1. The first-order valence-corrected chi connectivity index (χ1v) is 6.55. The van der Waals surface area contributed by atoms with Gasteiger partial charge in [-0.2, -0.15) is 0 Å². The third-order valence-corrected chi connectivity index (χ3v) is 3.39. The number of benzene rings is 1. The van der Waals surface area contributed by atoms with Gasteiger partial charge in [-0.3, -0.25) is 4.98 Å². The quantitative estimate of drug-likeness (QED) is 0.781. The number of carboxylic acids is 1. The van der Waals surface area contributed by atoms with Crippen LogP contribution in [-0.2, 0) is 0 Å². The molecule has 0 saturated heterocycles. The minimum atomic E-state index is -1.09. The van der Waals surface area contributed by atoms with Crippen LogP contribution < -0.4 is 0 Å². The van der Waals surface area contributed by atoms with Crippen LogP contribution in [0.2, 0.25) is 0 Å². The molecule has 0 amide bonds. The van der Waals surface area contributed by atoms with Crippen LogP contribution >= 0.6 is 15.9 Å². The summed E-state index contributed by atoms with van der Waals surface area (Å²) < 4.78 is 0.358. The van der Waals surface area contributed by atoms with Crippen LogP contribution in [-0.4, -0.2) is 26.0 Å². The zero-order chi connectivity index (χ0) is 14.1. The van der Waals surface area contributed by atoms with Crippen LogP contribution in [0, 0.1) is 0 Å². The van der Waals surface area contributed by atoms with Crippen molar-refractivity contribution in [2.24, 2.45) is 0 Å². The minimum Gasteiger partial charge on any atom is -0.476 e. The van der Waals surface area contributed by atoms with E-state index < -0.39 is 5.97 Å². The van der Waals surface area contributed by atoms with E-state index in [9.17, 15) is 4.79 Å². The SMILES string of the molecule is O=C(O)c1nc(-c2ccc3ncccc3c2)ncc1Br. The van der Waals surface area contributed by atoms with Gasteiger partial charge in [0.2, 0.25) is 0 Å². The molecule has 5 nitrogen and oxygen atoms in total. The lowest BCUT2D eigenvalue weighted by Crippen LogP contribution is -2.04. The van der Waals surface area contributed by atoms with Crippen LogP contribution in [0.25, 0.3) is 22.3 Å². The molecule has 2 heterocycles. The summed E-state index contributed by atoms with van der Waals surface area (Å²) in [6.45, 7) is 0. The van der Waals surface area contributed by atoms with E-state index in [2.05, 4.69) is 30.9 Å². The van der Waals surface area contributed by atoms with Crippen LogP contribution in [0.5, 0.6) is 0 Å². The first-order chi connectivity index (χ1) is 9.65. The molecule has 3 aromatic rings. The van der Waals surface area contributed by atoms with Gasteiger partial charge in [0.15, 0.2) is 11.5 Å². The Bertz CT molecular complexity index is 820. The molecule has 0 fully saturated rings. The third-order valence-electron chi connectivity index (χ3n) is 2.81. The van der Waals surface area contributed by atoms with Crippen LogP contribution in [0.15, 0.2) is 47.2 Å². The Hall–Kier alpha value is -2.34. The zero-order valence-corrected chi connectivity index (χ0v) is 11.7. The Morgan fingerprint density at radius 3 is 2.85 bits per heavy atom. The van der Waals surface area contributed by atoms with E-state index in [-0.39, 0.29) is 5.69 Å². The van der Waals surface area contributed by atoms with E-state index in [0.29, 0.717) is 10.3 Å². The molecule has 3 rings (SSSR count). The summed E-state index contributed by atoms with van der Waals surface area (Å²) in [5.74, 6) is -0.723. The summed E-state index contributed by atoms with van der Waals surface area (Å²) in [6, 6.07) is 9.35. The number of carbonyl (C=O) groups is 1. The van der Waals surface area contributed by atoms with Gasteiger partial charge in [0.1, 0.15) is 0 Å². The Balaban J connectivity index is 2.15. The number of nitrogens with zero attached hydrogens (tertiary/aromatic N) is 3. The lowest BCUT2D eigenvalue weighted by atomic mass is 10.1. The van der Waals surface area contributed by atoms with E-state index in [0.717, 1.165) is 16.5 Å². The topological polar surface area (TPSA) is 76.0 Å². The van der Waals surface area contributed by atoms with Gasteiger partial charge in [-0.1, -0.05) is 6.07 Å². The van der Waals surface area contributed by atoms with Gasteiger partial charge < -0.3 is 5.11 Å². The van der Waals surface area contributed by atoms with Gasteiger partial charge in [0, 0.05) is 23.3 Å². The summed E-state index contributed by atoms with van der Waals surface area (Å²) in [4.78, 5) is 23.5. The molecule has 0 spiro atoms. The first-order valence-electron chi connectivity index (χ1n) is 5.76. The number of rotatable bonds is 2. The number of carboxylic acid groups (broad SMARTS) is 1. The molecular weight excluding hydrogens is 322 g/mol. The summed E-state index contributed by atoms with van der Waals surface area (Å²) in [5.41, 5.74) is 1.56. The van der Waals surface area contributed by atoms with Gasteiger partial charge in [0.05, 0.1) is 9.99 Å². The van der Waals surface area contributed by atoms with Crippen molar-refractivity contribution in [3.8, 4) is 11.4 Å². The standard InChI is InChI=1S/C14H8BrN3O2/c15-10-7-17-13(18-12(10)14(19)20)9-3-4-11-8(6-9)2-1-5-16-11/h1-7H,(H,19,20). The second-order valence-corrected chi connectivity index (χ2v) is 4.96. The molecule has 98 valence electrons. The number of aromatic carboxylic acids is 1. The fourth-order valence-corrected chi connectivity index (χ4v) is 2.23. The smallest absolute Gasteiger partial charge is 0.355 e. The summed E-state index contributed by atoms with van der Waals surface area (Å²) >= 11 is 3.13. The van der Waals surface area contributed by atoms with Crippen LogP contribution in [0.1, 0.15) is 10.5 Å². The van der Waals surface area contributed by atoms with E-state index in [1.165, 1.54) is 6.20 Å². The molecule has 0 radical (unpaired) electrons. The van der Waals surface area contributed by atoms with Crippen molar-refractivity contribution in [1.82, 2.24) is 15.0 Å². The second kappa shape index (κ2) is 4.97. The average molecular weight is 330 g/mol. The summed E-state index contributed by atoms with van der Waals surface area (Å²) in [5, 5.41) is 10.0. The first kappa shape index (κ1) is 12.7. The number of pyridine rings is 1. The molecule has 1 N–H and O–H groups in total. The number of hydrogen-bond acceptors (Lipinski definition) is 4. The lowest BCUT2D eigenvalue weighted by Gasteiger charge is -2.04. The fourth-order valence-electron chi connectivity index (χ4n) is 1.87. The predicted molar refractivity (Wildman–Crippen MR) is 77.4 cm³/mol. The Labute approximate surface area is 122 Å². The number of aromatic nitrogens is 3. The van der Waals surface area contributed by atoms with Gasteiger partial charge in [0.25, 0.3) is 0 Å². The normalized spacial score (nSPS) is 10.7. The monoisotopic (exact) mass is 329 g/mol. The molecule has 0 aliphatic carbocycles. The van der Waals surface area contributed by atoms with Gasteiger partial charge >= 0.3 is 5.97 Å². The Kier molecular flexibility index (Phi) is 3.15. The Morgan fingerprint density at radius 2 is 2.05 bits per heavy atom. The van der Waals surface area contributed by atoms with Crippen molar-refractivity contribution >= 4 is 32.8 Å². The van der Waals surface area contributed by atoms with Crippen LogP contribution in [0.3, 0.4) is 0 Å². The van der Waals surface area contributed by atoms with Crippen molar-refractivity contribution in [3.05, 3.63) is 52.9 Å². The van der Waals surface area contributed by atoms with E-state index in [1.54, 1.807) is 6.20 Å². The molecule has 0 bridgehead atoms. The molecule has 0 aliphatic heterocycles. The van der Waals surface area contributed by atoms with E-state index >= 15 is 0 Å². The maximum absolute atomic E-state index is 11.1. The number of fused-ring (bicyclic) bond motifs is 1. The molecule has 0 unspecified atom stereocenters. The van der Waals surface area contributed by atoms with E-state index in [1.807, 2.05) is 30.3 Å². The van der Waals surface area contributed by atoms with Crippen molar-refractivity contribution in [2.45, 2.75) is 0 Å². The van der Waals surface area contributed by atoms with Crippen molar-refractivity contribution in [2.75, 3.05) is 0 Å². The van der Waals surface area contributed by atoms with Gasteiger partial charge in [-0.25, -0.2) is 14.8 Å². The highest BCUT2D eigenvalue weighted by atomic mass is 79.9. The Morgan fingerprint density at radius 1 is 1.20 bits per heavy atom. The number of halogens is 1. The fraction of sp³-hybridized carbons (Fsp3) is 0. The molecule has 6 heteroatoms. The molecule has 0 atom stereocenters. The molecule has 1 aromatic carbocycles. The zero-order valence-electron chi connectivity index (χ0n) is 10.1. The van der Waals surface area contributed by atoms with Crippen LogP contribution in [0.4, 0.5) is 0 Å². The van der Waals surface area contributed by atoms with Crippen molar-refractivity contribution in [3.63, 3.8) is 0 Å². The highest BCUT2D eigenvalue weighted by Gasteiger charge is 2.13. The minimum absolute atomic E-state index is 0.0544. The van der Waals surface area contributed by atoms with Crippen molar-refractivity contribution in [1.29, 1.82) is 0 Å². The van der Waals surface area contributed by atoms with Crippen molar-refractivity contribution < 1.29 is 9.90 Å². The molecule has 2 aromatic heterocycles. The molecular formula is C14H8BrN3O2. The predicted octanol–water partition coefficient (Wildman–Crippen LogP) is 3.15. The molecule has 0 aliphatic rings. The summed E-state index contributed by atoms with van der Waals surface area (Å²) in [7, 11) is 0. The summed E-state index contributed by atoms with van der Waals surface area (Å²) in [6.07, 6.45) is 3.17. The molecule has 0 saturated carbocycles. The lowest BCUT2D eigenvalue weighted by molar-refractivity contribution is 0.0689. The highest BCUT2D eigenvalue weighted by molar-refractivity contribution is 9.10. The van der Waals surface area contributed by atoms with E-state index in [4.69, 9.17) is 5.11 Å². The number of hydrogen-bond donors (Lipinski definition) is 1.